The summed E-state index contributed by atoms with van der Waals surface area (Å²) in [4.78, 5) is 38.0. The first kappa shape index (κ1) is 19.8. The van der Waals surface area contributed by atoms with Crippen molar-refractivity contribution in [2.24, 2.45) is 11.3 Å². The number of carbonyl (C=O) groups excluding carboxylic acids is 2. The SMILES string of the molecule is Cc1ncc(C(=O)N2CCC[C@]3(CCC(=O)N(CCC(C)C)C3)C2)c(C)n1. The summed E-state index contributed by atoms with van der Waals surface area (Å²) < 4.78 is 0. The van der Waals surface area contributed by atoms with Crippen molar-refractivity contribution < 1.29 is 9.59 Å². The first-order valence-electron chi connectivity index (χ1n) is 10.2. The predicted octanol–water partition coefficient (Wildman–Crippen LogP) is 2.98. The Morgan fingerprint density at radius 3 is 2.74 bits per heavy atom. The zero-order valence-corrected chi connectivity index (χ0v) is 17.1. The van der Waals surface area contributed by atoms with Gasteiger partial charge in [0.05, 0.1) is 11.3 Å². The van der Waals surface area contributed by atoms with Gasteiger partial charge in [-0.2, -0.15) is 0 Å². The molecule has 0 unspecified atom stereocenters. The van der Waals surface area contributed by atoms with Gasteiger partial charge in [-0.3, -0.25) is 9.59 Å². The molecule has 0 saturated carbocycles. The average molecular weight is 373 g/mol. The molecule has 1 aromatic heterocycles. The van der Waals surface area contributed by atoms with E-state index < -0.39 is 0 Å². The number of nitrogens with zero attached hydrogens (tertiary/aromatic N) is 4. The Balaban J connectivity index is 1.72. The van der Waals surface area contributed by atoms with Gasteiger partial charge in [-0.15, -0.1) is 0 Å². The van der Waals surface area contributed by atoms with Crippen LogP contribution in [0.1, 0.15) is 67.8 Å². The largest absolute Gasteiger partial charge is 0.342 e. The number of amides is 2. The Labute approximate surface area is 162 Å². The van der Waals surface area contributed by atoms with Gasteiger partial charge in [0.1, 0.15) is 5.82 Å². The van der Waals surface area contributed by atoms with E-state index in [9.17, 15) is 9.59 Å². The van der Waals surface area contributed by atoms with Gasteiger partial charge in [0.25, 0.3) is 5.91 Å². The molecule has 148 valence electrons. The van der Waals surface area contributed by atoms with Gasteiger partial charge in [0, 0.05) is 44.2 Å². The number of likely N-dealkylation sites (tertiary alicyclic amines) is 2. The molecule has 0 aliphatic carbocycles. The van der Waals surface area contributed by atoms with Crippen molar-refractivity contribution in [2.75, 3.05) is 26.2 Å². The maximum Gasteiger partial charge on any atom is 0.257 e. The molecule has 2 saturated heterocycles. The number of carbonyl (C=O) groups is 2. The fourth-order valence-corrected chi connectivity index (χ4v) is 4.40. The van der Waals surface area contributed by atoms with Crippen LogP contribution in [0.3, 0.4) is 0 Å². The average Bonchev–Trinajstić information content (AvgIpc) is 2.62. The minimum atomic E-state index is 0.0252. The number of hydrogen-bond acceptors (Lipinski definition) is 4. The highest BCUT2D eigenvalue weighted by Gasteiger charge is 2.42. The first-order chi connectivity index (χ1) is 12.8. The molecule has 6 nitrogen and oxygen atoms in total. The van der Waals surface area contributed by atoms with Gasteiger partial charge in [-0.25, -0.2) is 9.97 Å². The topological polar surface area (TPSA) is 66.4 Å². The second-order valence-corrected chi connectivity index (χ2v) is 8.74. The molecule has 3 rings (SSSR count). The van der Waals surface area contributed by atoms with Gasteiger partial charge in [-0.05, 0) is 45.4 Å². The third-order valence-electron chi connectivity index (χ3n) is 6.00. The molecular formula is C21H32N4O2. The Hall–Kier alpha value is -1.98. The van der Waals surface area contributed by atoms with Crippen LogP contribution in [0.15, 0.2) is 6.20 Å². The number of aromatic nitrogens is 2. The zero-order valence-electron chi connectivity index (χ0n) is 17.1. The molecule has 0 aromatic carbocycles. The minimum absolute atomic E-state index is 0.0252. The van der Waals surface area contributed by atoms with Crippen molar-refractivity contribution in [1.29, 1.82) is 0 Å². The number of aryl methyl sites for hydroxylation is 2. The molecule has 1 atom stereocenters. The normalized spacial score (nSPS) is 23.4. The van der Waals surface area contributed by atoms with Crippen molar-refractivity contribution in [2.45, 2.75) is 59.8 Å². The van der Waals surface area contributed by atoms with E-state index in [4.69, 9.17) is 0 Å². The van der Waals surface area contributed by atoms with E-state index in [1.807, 2.05) is 23.6 Å². The van der Waals surface area contributed by atoms with Crippen molar-refractivity contribution in [1.82, 2.24) is 19.8 Å². The van der Waals surface area contributed by atoms with E-state index in [1.54, 1.807) is 6.20 Å². The fourth-order valence-electron chi connectivity index (χ4n) is 4.40. The lowest BCUT2D eigenvalue weighted by molar-refractivity contribution is -0.139. The standard InChI is InChI=1S/C21H32N4O2/c1-15(2)7-11-24-13-21(9-6-19(24)26)8-5-10-25(14-21)20(27)18-12-22-17(4)23-16(18)3/h12,15H,5-11,13-14H2,1-4H3/t21-/m1/s1. The molecule has 27 heavy (non-hydrogen) atoms. The van der Waals surface area contributed by atoms with E-state index in [2.05, 4.69) is 23.8 Å². The van der Waals surface area contributed by atoms with Crippen LogP contribution in [0.5, 0.6) is 0 Å². The summed E-state index contributed by atoms with van der Waals surface area (Å²) in [5.41, 5.74) is 1.38. The lowest BCUT2D eigenvalue weighted by Gasteiger charge is -2.48. The summed E-state index contributed by atoms with van der Waals surface area (Å²) in [6, 6.07) is 0. The van der Waals surface area contributed by atoms with Crippen LogP contribution >= 0.6 is 0 Å². The zero-order chi connectivity index (χ0) is 19.6. The van der Waals surface area contributed by atoms with Crippen LogP contribution in [-0.4, -0.2) is 57.8 Å². The number of rotatable bonds is 4. The Kier molecular flexibility index (Phi) is 5.82. The van der Waals surface area contributed by atoms with Crippen molar-refractivity contribution in [3.63, 3.8) is 0 Å². The minimum Gasteiger partial charge on any atom is -0.342 e. The highest BCUT2D eigenvalue weighted by molar-refractivity contribution is 5.95. The Bertz CT molecular complexity index is 718. The van der Waals surface area contributed by atoms with Crippen LogP contribution < -0.4 is 0 Å². The van der Waals surface area contributed by atoms with E-state index >= 15 is 0 Å². The summed E-state index contributed by atoms with van der Waals surface area (Å²) in [6.07, 6.45) is 6.25. The van der Waals surface area contributed by atoms with Gasteiger partial charge < -0.3 is 9.80 Å². The van der Waals surface area contributed by atoms with Gasteiger partial charge in [0.15, 0.2) is 0 Å². The highest BCUT2D eigenvalue weighted by atomic mass is 16.2. The van der Waals surface area contributed by atoms with Gasteiger partial charge in [-0.1, -0.05) is 13.8 Å². The molecule has 0 bridgehead atoms. The monoisotopic (exact) mass is 372 g/mol. The summed E-state index contributed by atoms with van der Waals surface area (Å²) in [6.45, 7) is 11.2. The fraction of sp³-hybridized carbons (Fsp3) is 0.714. The first-order valence-corrected chi connectivity index (χ1v) is 10.2. The molecule has 3 heterocycles. The Morgan fingerprint density at radius 2 is 2.04 bits per heavy atom. The van der Waals surface area contributed by atoms with E-state index in [1.165, 1.54) is 0 Å². The van der Waals surface area contributed by atoms with Crippen molar-refractivity contribution >= 4 is 11.8 Å². The highest BCUT2D eigenvalue weighted by Crippen LogP contribution is 2.39. The predicted molar refractivity (Wildman–Crippen MR) is 104 cm³/mol. The van der Waals surface area contributed by atoms with Crippen LogP contribution in [0.25, 0.3) is 0 Å². The lowest BCUT2D eigenvalue weighted by Crippen LogP contribution is -2.55. The molecule has 6 heteroatoms. The molecule has 1 aromatic rings. The van der Waals surface area contributed by atoms with Crippen LogP contribution in [-0.2, 0) is 4.79 Å². The summed E-state index contributed by atoms with van der Waals surface area (Å²) in [5.74, 6) is 1.57. The summed E-state index contributed by atoms with van der Waals surface area (Å²) in [5, 5.41) is 0. The number of hydrogen-bond donors (Lipinski definition) is 0. The number of piperidine rings is 2. The third kappa shape index (κ3) is 4.47. The molecule has 0 radical (unpaired) electrons. The van der Waals surface area contributed by atoms with E-state index in [0.717, 1.165) is 57.6 Å². The summed E-state index contributed by atoms with van der Waals surface area (Å²) >= 11 is 0. The second kappa shape index (κ2) is 7.95. The molecule has 2 fully saturated rings. The maximum atomic E-state index is 13.1. The van der Waals surface area contributed by atoms with Crippen molar-refractivity contribution in [3.8, 4) is 0 Å². The van der Waals surface area contributed by atoms with Gasteiger partial charge >= 0.3 is 0 Å². The molecule has 2 amide bonds. The molecule has 2 aliphatic rings. The van der Waals surface area contributed by atoms with Crippen LogP contribution in [0, 0.1) is 25.2 Å². The second-order valence-electron chi connectivity index (χ2n) is 8.74. The quantitative estimate of drug-likeness (QED) is 0.815. The maximum absolute atomic E-state index is 13.1. The Morgan fingerprint density at radius 1 is 1.26 bits per heavy atom. The van der Waals surface area contributed by atoms with Crippen LogP contribution in [0.2, 0.25) is 0 Å². The van der Waals surface area contributed by atoms with E-state index in [-0.39, 0.29) is 17.2 Å². The summed E-state index contributed by atoms with van der Waals surface area (Å²) in [7, 11) is 0. The molecule has 0 N–H and O–H groups in total. The third-order valence-corrected chi connectivity index (χ3v) is 6.00. The lowest BCUT2D eigenvalue weighted by atomic mass is 9.73. The molecular weight excluding hydrogens is 340 g/mol. The molecule has 2 aliphatic heterocycles. The molecule has 1 spiro atoms. The van der Waals surface area contributed by atoms with Gasteiger partial charge in [0.2, 0.25) is 5.91 Å². The van der Waals surface area contributed by atoms with Crippen molar-refractivity contribution in [3.05, 3.63) is 23.3 Å². The van der Waals surface area contributed by atoms with E-state index in [0.29, 0.717) is 23.7 Å². The van der Waals surface area contributed by atoms with Crippen LogP contribution in [0.4, 0.5) is 0 Å². The smallest absolute Gasteiger partial charge is 0.257 e.